The standard InChI is InChI=1S/C24H16N2O2/c1-2-13-23-22(12-1)26-24(28-23)18-8-6-10-20(16-18)27-19-9-5-7-17(15-19)21-11-3-4-14-25-21/h1-16H. The summed E-state index contributed by atoms with van der Waals surface area (Å²) in [5, 5.41) is 0. The van der Waals surface area contributed by atoms with Crippen molar-refractivity contribution in [2.75, 3.05) is 0 Å². The topological polar surface area (TPSA) is 48.2 Å². The smallest absolute Gasteiger partial charge is 0.227 e. The number of ether oxygens (including phenoxy) is 1. The summed E-state index contributed by atoms with van der Waals surface area (Å²) in [6.45, 7) is 0. The predicted octanol–water partition coefficient (Wildman–Crippen LogP) is 6.35. The monoisotopic (exact) mass is 364 g/mol. The minimum atomic E-state index is 0.578. The second-order valence-electron chi connectivity index (χ2n) is 6.36. The summed E-state index contributed by atoms with van der Waals surface area (Å²) < 4.78 is 11.9. The van der Waals surface area contributed by atoms with Gasteiger partial charge in [-0.25, -0.2) is 4.98 Å². The minimum Gasteiger partial charge on any atom is -0.457 e. The Balaban J connectivity index is 1.44. The number of pyridine rings is 1. The van der Waals surface area contributed by atoms with E-state index in [2.05, 4.69) is 9.97 Å². The fourth-order valence-corrected chi connectivity index (χ4v) is 3.08. The maximum Gasteiger partial charge on any atom is 0.227 e. The molecule has 0 atom stereocenters. The first-order valence-corrected chi connectivity index (χ1v) is 9.00. The van der Waals surface area contributed by atoms with Crippen LogP contribution >= 0.6 is 0 Å². The van der Waals surface area contributed by atoms with E-state index in [0.717, 1.165) is 39.4 Å². The summed E-state index contributed by atoms with van der Waals surface area (Å²) in [5.41, 5.74) is 4.40. The van der Waals surface area contributed by atoms with Crippen LogP contribution in [0.4, 0.5) is 0 Å². The maximum absolute atomic E-state index is 6.08. The van der Waals surface area contributed by atoms with Gasteiger partial charge in [-0.05, 0) is 54.6 Å². The van der Waals surface area contributed by atoms with Crippen molar-refractivity contribution in [2.24, 2.45) is 0 Å². The highest BCUT2D eigenvalue weighted by molar-refractivity contribution is 5.76. The summed E-state index contributed by atoms with van der Waals surface area (Å²) >= 11 is 0. The van der Waals surface area contributed by atoms with E-state index in [4.69, 9.17) is 9.15 Å². The summed E-state index contributed by atoms with van der Waals surface area (Å²) in [6, 6.07) is 29.2. The molecule has 3 aromatic carbocycles. The van der Waals surface area contributed by atoms with Crippen LogP contribution in [-0.4, -0.2) is 9.97 Å². The molecule has 0 amide bonds. The molecule has 0 spiro atoms. The first-order chi connectivity index (χ1) is 13.8. The Morgan fingerprint density at radius 3 is 2.21 bits per heavy atom. The Kier molecular flexibility index (Phi) is 4.07. The average Bonchev–Trinajstić information content (AvgIpc) is 3.19. The second-order valence-corrected chi connectivity index (χ2v) is 6.36. The van der Waals surface area contributed by atoms with Crippen LogP contribution in [0.25, 0.3) is 33.8 Å². The van der Waals surface area contributed by atoms with Gasteiger partial charge in [-0.15, -0.1) is 0 Å². The van der Waals surface area contributed by atoms with Crippen molar-refractivity contribution in [1.82, 2.24) is 9.97 Å². The number of aromatic nitrogens is 2. The normalized spacial score (nSPS) is 10.9. The Morgan fingerprint density at radius 2 is 1.43 bits per heavy atom. The first-order valence-electron chi connectivity index (χ1n) is 9.00. The van der Waals surface area contributed by atoms with Crippen molar-refractivity contribution in [3.05, 3.63) is 97.2 Å². The molecule has 4 heteroatoms. The molecule has 4 nitrogen and oxygen atoms in total. The van der Waals surface area contributed by atoms with Crippen LogP contribution in [0.2, 0.25) is 0 Å². The van der Waals surface area contributed by atoms with Gasteiger partial charge in [-0.2, -0.15) is 0 Å². The van der Waals surface area contributed by atoms with Crippen LogP contribution in [0.1, 0.15) is 0 Å². The number of hydrogen-bond donors (Lipinski definition) is 0. The van der Waals surface area contributed by atoms with E-state index in [-0.39, 0.29) is 0 Å². The number of oxazole rings is 1. The molecule has 0 fully saturated rings. The molecule has 0 saturated carbocycles. The van der Waals surface area contributed by atoms with Gasteiger partial charge >= 0.3 is 0 Å². The largest absolute Gasteiger partial charge is 0.457 e. The Labute approximate surface area is 162 Å². The number of rotatable bonds is 4. The molecule has 134 valence electrons. The molecule has 0 aliphatic heterocycles. The molecule has 2 aromatic heterocycles. The summed E-state index contributed by atoms with van der Waals surface area (Å²) in [4.78, 5) is 8.95. The first kappa shape index (κ1) is 16.3. The van der Waals surface area contributed by atoms with Crippen LogP contribution in [0.5, 0.6) is 11.5 Å². The van der Waals surface area contributed by atoms with E-state index in [9.17, 15) is 0 Å². The maximum atomic E-state index is 6.08. The molecule has 0 aliphatic carbocycles. The van der Waals surface area contributed by atoms with Gasteiger partial charge in [0.25, 0.3) is 0 Å². The molecule has 0 saturated heterocycles. The van der Waals surface area contributed by atoms with Crippen molar-refractivity contribution in [2.45, 2.75) is 0 Å². The van der Waals surface area contributed by atoms with Crippen LogP contribution in [0.3, 0.4) is 0 Å². The van der Waals surface area contributed by atoms with Crippen LogP contribution < -0.4 is 4.74 Å². The van der Waals surface area contributed by atoms with Gasteiger partial charge in [0.15, 0.2) is 5.58 Å². The summed E-state index contributed by atoms with van der Waals surface area (Å²) in [7, 11) is 0. The van der Waals surface area contributed by atoms with Crippen molar-refractivity contribution < 1.29 is 9.15 Å². The number of fused-ring (bicyclic) bond motifs is 1. The Hall–Kier alpha value is -3.92. The van der Waals surface area contributed by atoms with Gasteiger partial charge in [0.2, 0.25) is 5.89 Å². The zero-order valence-corrected chi connectivity index (χ0v) is 14.9. The van der Waals surface area contributed by atoms with Crippen molar-refractivity contribution in [3.63, 3.8) is 0 Å². The number of nitrogens with zero attached hydrogens (tertiary/aromatic N) is 2. The molecule has 5 rings (SSSR count). The Bertz CT molecular complexity index is 1210. The highest BCUT2D eigenvalue weighted by Crippen LogP contribution is 2.30. The van der Waals surface area contributed by atoms with E-state index < -0.39 is 0 Å². The van der Waals surface area contributed by atoms with Crippen LogP contribution in [-0.2, 0) is 0 Å². The lowest BCUT2D eigenvalue weighted by Crippen LogP contribution is -1.87. The van der Waals surface area contributed by atoms with E-state index in [1.54, 1.807) is 6.20 Å². The van der Waals surface area contributed by atoms with E-state index in [0.29, 0.717) is 5.89 Å². The number of para-hydroxylation sites is 2. The third-order valence-electron chi connectivity index (χ3n) is 4.41. The van der Waals surface area contributed by atoms with Gasteiger partial charge in [0.05, 0.1) is 5.69 Å². The van der Waals surface area contributed by atoms with Crippen molar-refractivity contribution in [3.8, 4) is 34.2 Å². The lowest BCUT2D eigenvalue weighted by atomic mass is 10.1. The lowest BCUT2D eigenvalue weighted by Gasteiger charge is -2.08. The fraction of sp³-hybridized carbons (Fsp3) is 0. The lowest BCUT2D eigenvalue weighted by molar-refractivity contribution is 0.482. The van der Waals surface area contributed by atoms with Gasteiger partial charge < -0.3 is 9.15 Å². The summed E-state index contributed by atoms with van der Waals surface area (Å²) in [5.74, 6) is 2.05. The molecular weight excluding hydrogens is 348 g/mol. The van der Waals surface area contributed by atoms with Gasteiger partial charge in [-0.3, -0.25) is 4.98 Å². The SMILES string of the molecule is c1ccc(-c2cccc(Oc3cccc(-c4nc5ccccc5o4)c3)c2)nc1. The highest BCUT2D eigenvalue weighted by Gasteiger charge is 2.09. The molecule has 2 heterocycles. The van der Waals surface area contributed by atoms with E-state index in [1.807, 2.05) is 91.0 Å². The van der Waals surface area contributed by atoms with E-state index in [1.165, 1.54) is 0 Å². The average molecular weight is 364 g/mol. The number of hydrogen-bond acceptors (Lipinski definition) is 4. The van der Waals surface area contributed by atoms with Gasteiger partial charge in [0, 0.05) is 17.3 Å². The predicted molar refractivity (Wildman–Crippen MR) is 109 cm³/mol. The zero-order chi connectivity index (χ0) is 18.8. The minimum absolute atomic E-state index is 0.578. The molecular formula is C24H16N2O2. The molecule has 0 unspecified atom stereocenters. The second kappa shape index (κ2) is 7.00. The highest BCUT2D eigenvalue weighted by atomic mass is 16.5. The van der Waals surface area contributed by atoms with Gasteiger partial charge in [-0.1, -0.05) is 36.4 Å². The zero-order valence-electron chi connectivity index (χ0n) is 14.9. The Morgan fingerprint density at radius 1 is 0.679 bits per heavy atom. The number of benzene rings is 3. The molecule has 0 radical (unpaired) electrons. The fourth-order valence-electron chi connectivity index (χ4n) is 3.08. The molecule has 0 N–H and O–H groups in total. The molecule has 28 heavy (non-hydrogen) atoms. The molecule has 0 bridgehead atoms. The molecule has 0 aliphatic rings. The van der Waals surface area contributed by atoms with Gasteiger partial charge in [0.1, 0.15) is 17.0 Å². The third kappa shape index (κ3) is 3.23. The van der Waals surface area contributed by atoms with Crippen molar-refractivity contribution >= 4 is 11.1 Å². The quantitative estimate of drug-likeness (QED) is 0.373. The summed E-state index contributed by atoms with van der Waals surface area (Å²) in [6.07, 6.45) is 1.78. The van der Waals surface area contributed by atoms with Crippen LogP contribution in [0.15, 0.2) is 102 Å². The third-order valence-corrected chi connectivity index (χ3v) is 4.41. The molecule has 5 aromatic rings. The van der Waals surface area contributed by atoms with E-state index >= 15 is 0 Å². The van der Waals surface area contributed by atoms with Crippen LogP contribution in [0, 0.1) is 0 Å². The van der Waals surface area contributed by atoms with Crippen molar-refractivity contribution in [1.29, 1.82) is 0 Å².